The van der Waals surface area contributed by atoms with Gasteiger partial charge >= 0.3 is 0 Å². The monoisotopic (exact) mass is 481 g/mol. The highest BCUT2D eigenvalue weighted by molar-refractivity contribution is 9.10. The number of hydrogen-bond acceptors (Lipinski definition) is 6. The summed E-state index contributed by atoms with van der Waals surface area (Å²) < 4.78 is 28.5. The molecule has 1 N–H and O–H groups in total. The van der Waals surface area contributed by atoms with Gasteiger partial charge in [-0.15, -0.1) is 12.4 Å². The van der Waals surface area contributed by atoms with Crippen molar-refractivity contribution in [3.63, 3.8) is 0 Å². The van der Waals surface area contributed by atoms with Gasteiger partial charge in [0.2, 0.25) is 6.79 Å². The average molecular weight is 483 g/mol. The van der Waals surface area contributed by atoms with Crippen molar-refractivity contribution in [3.8, 4) is 23.0 Å². The van der Waals surface area contributed by atoms with Gasteiger partial charge in [-0.2, -0.15) is 0 Å². The Labute approximate surface area is 183 Å². The maximum atomic E-state index is 6.02. The maximum absolute atomic E-state index is 6.02. The normalized spacial score (nSPS) is 11.8. The van der Waals surface area contributed by atoms with Crippen molar-refractivity contribution in [2.75, 3.05) is 13.9 Å². The molecule has 1 aromatic heterocycles. The van der Waals surface area contributed by atoms with E-state index in [2.05, 4.69) is 21.2 Å². The molecule has 0 fully saturated rings. The van der Waals surface area contributed by atoms with Gasteiger partial charge in [0.25, 0.3) is 0 Å². The summed E-state index contributed by atoms with van der Waals surface area (Å²) in [7, 11) is 1.63. The Balaban J connectivity index is 0.00000240. The van der Waals surface area contributed by atoms with Crippen molar-refractivity contribution in [2.24, 2.45) is 0 Å². The van der Waals surface area contributed by atoms with Crippen LogP contribution in [0.2, 0.25) is 0 Å². The lowest BCUT2D eigenvalue weighted by atomic mass is 10.2. The molecule has 0 atom stereocenters. The number of methoxy groups -OCH3 is 1. The summed E-state index contributed by atoms with van der Waals surface area (Å²) in [5.41, 5.74) is 2.06. The summed E-state index contributed by atoms with van der Waals surface area (Å²) in [6, 6.07) is 13.6. The number of fused-ring (bicyclic) bond motifs is 1. The highest BCUT2D eigenvalue weighted by Gasteiger charge is 2.15. The van der Waals surface area contributed by atoms with Crippen LogP contribution >= 0.6 is 28.3 Å². The van der Waals surface area contributed by atoms with Crippen LogP contribution < -0.4 is 24.3 Å². The van der Waals surface area contributed by atoms with Gasteiger partial charge in [-0.3, -0.25) is 0 Å². The summed E-state index contributed by atoms with van der Waals surface area (Å²) in [5.74, 6) is 3.73. The van der Waals surface area contributed by atoms with Crippen LogP contribution in [0.15, 0.2) is 57.6 Å². The lowest BCUT2D eigenvalue weighted by Gasteiger charge is -2.15. The fraction of sp³-hybridized carbons (Fsp3) is 0.238. The van der Waals surface area contributed by atoms with Crippen molar-refractivity contribution >= 4 is 28.3 Å². The van der Waals surface area contributed by atoms with Crippen LogP contribution in [0.1, 0.15) is 16.9 Å². The fourth-order valence-corrected chi connectivity index (χ4v) is 3.55. The molecule has 154 valence electrons. The highest BCUT2D eigenvalue weighted by Crippen LogP contribution is 2.38. The molecule has 0 saturated carbocycles. The molecular weight excluding hydrogens is 462 g/mol. The Morgan fingerprint density at radius 3 is 2.69 bits per heavy atom. The Morgan fingerprint density at radius 1 is 1.03 bits per heavy atom. The number of benzene rings is 2. The molecule has 0 unspecified atom stereocenters. The molecule has 2 aromatic carbocycles. The number of rotatable bonds is 8. The molecule has 1 aliphatic rings. The molecule has 2 heterocycles. The summed E-state index contributed by atoms with van der Waals surface area (Å²) >= 11 is 3.60. The molecule has 0 aliphatic carbocycles. The first-order valence-electron chi connectivity index (χ1n) is 8.84. The first-order chi connectivity index (χ1) is 13.7. The minimum absolute atomic E-state index is 0. The zero-order chi connectivity index (χ0) is 19.3. The van der Waals surface area contributed by atoms with Gasteiger partial charge < -0.3 is 28.7 Å². The van der Waals surface area contributed by atoms with Crippen LogP contribution in [-0.2, 0) is 19.7 Å². The fourth-order valence-electron chi connectivity index (χ4n) is 2.94. The van der Waals surface area contributed by atoms with Gasteiger partial charge in [0.15, 0.2) is 23.0 Å². The topological polar surface area (TPSA) is 62.1 Å². The Morgan fingerprint density at radius 2 is 1.90 bits per heavy atom. The van der Waals surface area contributed by atoms with E-state index in [1.54, 1.807) is 13.4 Å². The van der Waals surface area contributed by atoms with Gasteiger partial charge in [-0.1, -0.05) is 6.07 Å². The standard InChI is InChI=1S/C21H20BrNO5.ClH/c1-24-20-9-15(10-23-11-16-3-2-6-25-16)7-17(22)21(20)26-12-14-4-5-18-19(8-14)28-13-27-18;/h2-9,23H,10-13H2,1H3;1H. The Kier molecular flexibility index (Phi) is 7.30. The number of ether oxygens (including phenoxy) is 4. The molecule has 0 amide bonds. The van der Waals surface area contributed by atoms with Crippen molar-refractivity contribution in [2.45, 2.75) is 19.7 Å². The van der Waals surface area contributed by atoms with E-state index in [0.717, 1.165) is 32.9 Å². The van der Waals surface area contributed by atoms with Crippen molar-refractivity contribution in [1.29, 1.82) is 0 Å². The SMILES string of the molecule is COc1cc(CNCc2ccco2)cc(Br)c1OCc1ccc2c(c1)OCO2.Cl. The summed E-state index contributed by atoms with van der Waals surface area (Å²) in [5, 5.41) is 3.35. The Hall–Kier alpha value is -2.35. The molecular formula is C21H21BrClNO5. The predicted molar refractivity (Wildman–Crippen MR) is 114 cm³/mol. The largest absolute Gasteiger partial charge is 0.493 e. The molecule has 29 heavy (non-hydrogen) atoms. The quantitative estimate of drug-likeness (QED) is 0.484. The van der Waals surface area contributed by atoms with Crippen LogP contribution in [0, 0.1) is 0 Å². The van der Waals surface area contributed by atoms with Gasteiger partial charge in [-0.05, 0) is 63.5 Å². The predicted octanol–water partition coefficient (Wildman–Crippen LogP) is 5.07. The van der Waals surface area contributed by atoms with E-state index in [4.69, 9.17) is 23.4 Å². The van der Waals surface area contributed by atoms with Gasteiger partial charge in [0.1, 0.15) is 12.4 Å². The molecule has 4 rings (SSSR count). The molecule has 0 saturated heterocycles. The first kappa shape index (κ1) is 21.4. The smallest absolute Gasteiger partial charge is 0.231 e. The number of furan rings is 1. The third kappa shape index (κ3) is 5.18. The maximum Gasteiger partial charge on any atom is 0.231 e. The van der Waals surface area contributed by atoms with E-state index in [9.17, 15) is 0 Å². The third-order valence-corrected chi connectivity index (χ3v) is 4.91. The van der Waals surface area contributed by atoms with E-state index in [1.165, 1.54) is 0 Å². The molecule has 3 aromatic rings. The van der Waals surface area contributed by atoms with E-state index in [1.807, 2.05) is 42.5 Å². The third-order valence-electron chi connectivity index (χ3n) is 4.32. The van der Waals surface area contributed by atoms with Gasteiger partial charge in [0.05, 0.1) is 24.4 Å². The van der Waals surface area contributed by atoms with Crippen molar-refractivity contribution in [1.82, 2.24) is 5.32 Å². The first-order valence-corrected chi connectivity index (χ1v) is 9.63. The molecule has 0 spiro atoms. The highest BCUT2D eigenvalue weighted by atomic mass is 79.9. The molecule has 0 bridgehead atoms. The van der Waals surface area contributed by atoms with E-state index >= 15 is 0 Å². The summed E-state index contributed by atoms with van der Waals surface area (Å²) in [6.07, 6.45) is 1.67. The van der Waals surface area contributed by atoms with Gasteiger partial charge in [-0.25, -0.2) is 0 Å². The number of halogens is 2. The Bertz CT molecular complexity index is 948. The van der Waals surface area contributed by atoms with E-state index in [-0.39, 0.29) is 19.2 Å². The molecule has 0 radical (unpaired) electrons. The van der Waals surface area contributed by atoms with Crippen LogP contribution in [-0.4, -0.2) is 13.9 Å². The molecule has 8 heteroatoms. The molecule has 1 aliphatic heterocycles. The van der Waals surface area contributed by atoms with Crippen LogP contribution in [0.4, 0.5) is 0 Å². The average Bonchev–Trinajstić information content (AvgIpc) is 3.38. The second kappa shape index (κ2) is 9.91. The number of hydrogen-bond donors (Lipinski definition) is 1. The zero-order valence-corrected chi connectivity index (χ0v) is 18.2. The van der Waals surface area contributed by atoms with Crippen LogP contribution in [0.25, 0.3) is 0 Å². The van der Waals surface area contributed by atoms with E-state index < -0.39 is 0 Å². The van der Waals surface area contributed by atoms with Gasteiger partial charge in [0, 0.05) is 6.54 Å². The number of nitrogens with one attached hydrogen (secondary N) is 1. The lowest BCUT2D eigenvalue weighted by Crippen LogP contribution is -2.12. The minimum atomic E-state index is 0. The summed E-state index contributed by atoms with van der Waals surface area (Å²) in [6.45, 7) is 1.99. The van der Waals surface area contributed by atoms with Crippen molar-refractivity contribution < 1.29 is 23.4 Å². The molecule has 6 nitrogen and oxygen atoms in total. The van der Waals surface area contributed by atoms with Crippen molar-refractivity contribution in [3.05, 3.63) is 70.1 Å². The second-order valence-electron chi connectivity index (χ2n) is 6.27. The van der Waals surface area contributed by atoms with Crippen LogP contribution in [0.5, 0.6) is 23.0 Å². The minimum Gasteiger partial charge on any atom is -0.493 e. The second-order valence-corrected chi connectivity index (χ2v) is 7.12. The van der Waals surface area contributed by atoms with E-state index in [0.29, 0.717) is 31.2 Å². The zero-order valence-electron chi connectivity index (χ0n) is 15.8. The lowest BCUT2D eigenvalue weighted by molar-refractivity contribution is 0.174. The summed E-state index contributed by atoms with van der Waals surface area (Å²) in [4.78, 5) is 0. The van der Waals surface area contributed by atoms with Crippen LogP contribution in [0.3, 0.4) is 0 Å².